The van der Waals surface area contributed by atoms with E-state index in [1.54, 1.807) is 0 Å². The number of aliphatic carboxylic acids is 2. The Hall–Kier alpha value is -1.78. The van der Waals surface area contributed by atoms with Gasteiger partial charge in [0.2, 0.25) is 0 Å². The van der Waals surface area contributed by atoms with Gasteiger partial charge in [0, 0.05) is 18.1 Å². The van der Waals surface area contributed by atoms with Crippen LogP contribution in [0.3, 0.4) is 0 Å². The van der Waals surface area contributed by atoms with Gasteiger partial charge in [-0.3, -0.25) is 0 Å². The summed E-state index contributed by atoms with van der Waals surface area (Å²) in [6.07, 6.45) is 2.28. The van der Waals surface area contributed by atoms with E-state index in [0.29, 0.717) is 12.3 Å². The molecule has 0 saturated heterocycles. The predicted molar refractivity (Wildman–Crippen MR) is 39.7 cm³/mol. The lowest BCUT2D eigenvalue weighted by molar-refractivity contribution is -0.135. The standard InChI is InChI=1S/C7H8O5/c8-3-1-2-5(7(11)12)4-6(9)10/h1,3-4,8H,2H2,(H,9,10)(H,11,12). The smallest absolute Gasteiger partial charge is 0.332 e. The van der Waals surface area contributed by atoms with Gasteiger partial charge in [0.1, 0.15) is 0 Å². The van der Waals surface area contributed by atoms with Gasteiger partial charge in [-0.05, 0) is 6.08 Å². The molecule has 3 N–H and O–H groups in total. The van der Waals surface area contributed by atoms with Crippen molar-refractivity contribution in [2.24, 2.45) is 0 Å². The maximum absolute atomic E-state index is 10.3. The van der Waals surface area contributed by atoms with Gasteiger partial charge in [-0.1, -0.05) is 0 Å². The van der Waals surface area contributed by atoms with E-state index in [1.807, 2.05) is 0 Å². The molecule has 0 aromatic heterocycles. The summed E-state index contributed by atoms with van der Waals surface area (Å²) in [5.74, 6) is -2.63. The molecule has 0 aliphatic carbocycles. The van der Waals surface area contributed by atoms with Crippen molar-refractivity contribution in [1.82, 2.24) is 0 Å². The minimum atomic E-state index is -1.32. The molecule has 5 heteroatoms. The Morgan fingerprint density at radius 2 is 1.83 bits per heavy atom. The average Bonchev–Trinajstić information content (AvgIpc) is 1.96. The molecule has 0 aliphatic heterocycles. The van der Waals surface area contributed by atoms with Gasteiger partial charge in [-0.2, -0.15) is 0 Å². The fourth-order valence-electron chi connectivity index (χ4n) is 0.537. The fourth-order valence-corrected chi connectivity index (χ4v) is 0.537. The summed E-state index contributed by atoms with van der Waals surface area (Å²) < 4.78 is 0. The number of aliphatic hydroxyl groups excluding tert-OH is 1. The zero-order valence-electron chi connectivity index (χ0n) is 6.10. The van der Waals surface area contributed by atoms with Crippen LogP contribution in [0.1, 0.15) is 6.42 Å². The number of carbonyl (C=O) groups is 2. The summed E-state index contributed by atoms with van der Waals surface area (Å²) in [5, 5.41) is 24.8. The molecule has 12 heavy (non-hydrogen) atoms. The first-order valence-electron chi connectivity index (χ1n) is 3.04. The molecule has 0 spiro atoms. The van der Waals surface area contributed by atoms with E-state index in [2.05, 4.69) is 0 Å². The molecule has 0 saturated carbocycles. The largest absolute Gasteiger partial charge is 0.516 e. The molecular formula is C7H8O5. The van der Waals surface area contributed by atoms with E-state index in [4.69, 9.17) is 15.3 Å². The fraction of sp³-hybridized carbons (Fsp3) is 0.143. The third kappa shape index (κ3) is 4.10. The van der Waals surface area contributed by atoms with Crippen molar-refractivity contribution in [3.8, 4) is 0 Å². The summed E-state index contributed by atoms with van der Waals surface area (Å²) >= 11 is 0. The number of hydrogen-bond acceptors (Lipinski definition) is 3. The quantitative estimate of drug-likeness (QED) is 0.425. The van der Waals surface area contributed by atoms with Crippen molar-refractivity contribution < 1.29 is 24.9 Å². The van der Waals surface area contributed by atoms with Crippen molar-refractivity contribution in [2.75, 3.05) is 0 Å². The van der Waals surface area contributed by atoms with Crippen LogP contribution in [0.2, 0.25) is 0 Å². The molecule has 5 nitrogen and oxygen atoms in total. The Kier molecular flexibility index (Phi) is 4.21. The predicted octanol–water partition coefficient (Wildman–Crippen LogP) is 0.544. The molecule has 0 amide bonds. The molecule has 0 aromatic rings. The number of carboxylic acids is 2. The molecule has 0 atom stereocenters. The average molecular weight is 172 g/mol. The summed E-state index contributed by atoms with van der Waals surface area (Å²) in [6, 6.07) is 0. The first-order chi connectivity index (χ1) is 5.57. The van der Waals surface area contributed by atoms with Crippen LogP contribution >= 0.6 is 0 Å². The molecule has 0 radical (unpaired) electrons. The monoisotopic (exact) mass is 172 g/mol. The van der Waals surface area contributed by atoms with Crippen LogP contribution < -0.4 is 0 Å². The Morgan fingerprint density at radius 3 is 2.17 bits per heavy atom. The normalized spacial score (nSPS) is 11.8. The van der Waals surface area contributed by atoms with E-state index in [9.17, 15) is 9.59 Å². The second kappa shape index (κ2) is 4.95. The van der Waals surface area contributed by atoms with Gasteiger partial charge in [0.15, 0.2) is 0 Å². The lowest BCUT2D eigenvalue weighted by Crippen LogP contribution is -2.02. The summed E-state index contributed by atoms with van der Waals surface area (Å²) in [5.41, 5.74) is -0.284. The Balaban J connectivity index is 4.44. The van der Waals surface area contributed by atoms with Crippen molar-refractivity contribution in [3.63, 3.8) is 0 Å². The van der Waals surface area contributed by atoms with Crippen molar-refractivity contribution in [1.29, 1.82) is 0 Å². The molecule has 0 rings (SSSR count). The summed E-state index contributed by atoms with van der Waals surface area (Å²) in [7, 11) is 0. The van der Waals surface area contributed by atoms with Crippen LogP contribution in [0.4, 0.5) is 0 Å². The molecule has 0 heterocycles. The molecular weight excluding hydrogens is 164 g/mol. The third-order valence-corrected chi connectivity index (χ3v) is 1.02. The lowest BCUT2D eigenvalue weighted by atomic mass is 10.2. The minimum Gasteiger partial charge on any atom is -0.516 e. The van der Waals surface area contributed by atoms with Crippen molar-refractivity contribution in [2.45, 2.75) is 6.42 Å². The van der Waals surface area contributed by atoms with E-state index >= 15 is 0 Å². The molecule has 0 bridgehead atoms. The van der Waals surface area contributed by atoms with Crippen LogP contribution in [-0.2, 0) is 9.59 Å². The Labute approximate surface area is 68.3 Å². The highest BCUT2D eigenvalue weighted by molar-refractivity contribution is 5.94. The molecule has 0 unspecified atom stereocenters. The van der Waals surface area contributed by atoms with Crippen molar-refractivity contribution >= 4 is 11.9 Å². The number of hydrogen-bond donors (Lipinski definition) is 3. The minimum absolute atomic E-state index is 0.113. The highest BCUT2D eigenvalue weighted by atomic mass is 16.4. The van der Waals surface area contributed by atoms with Gasteiger partial charge < -0.3 is 15.3 Å². The van der Waals surface area contributed by atoms with Gasteiger partial charge >= 0.3 is 11.9 Å². The van der Waals surface area contributed by atoms with E-state index in [0.717, 1.165) is 6.08 Å². The first kappa shape index (κ1) is 10.2. The van der Waals surface area contributed by atoms with Crippen LogP contribution in [-0.4, -0.2) is 27.3 Å². The second-order valence-electron chi connectivity index (χ2n) is 1.90. The molecule has 66 valence electrons. The van der Waals surface area contributed by atoms with Crippen LogP contribution in [0, 0.1) is 0 Å². The highest BCUT2D eigenvalue weighted by Crippen LogP contribution is 2.01. The Morgan fingerprint density at radius 1 is 1.25 bits per heavy atom. The number of allylic oxidation sites excluding steroid dienone is 1. The topological polar surface area (TPSA) is 94.8 Å². The number of rotatable bonds is 4. The van der Waals surface area contributed by atoms with Crippen LogP contribution in [0.15, 0.2) is 24.0 Å². The first-order valence-corrected chi connectivity index (χ1v) is 3.04. The maximum atomic E-state index is 10.3. The van der Waals surface area contributed by atoms with Gasteiger partial charge in [0.25, 0.3) is 0 Å². The van der Waals surface area contributed by atoms with Gasteiger partial charge in [-0.15, -0.1) is 0 Å². The highest BCUT2D eigenvalue weighted by Gasteiger charge is 2.06. The van der Waals surface area contributed by atoms with Gasteiger partial charge in [-0.25, -0.2) is 9.59 Å². The van der Waals surface area contributed by atoms with E-state index in [-0.39, 0.29) is 12.0 Å². The summed E-state index contributed by atoms with van der Waals surface area (Å²) in [6.45, 7) is 0. The molecule has 0 aliphatic rings. The molecule has 0 fully saturated rings. The van der Waals surface area contributed by atoms with Gasteiger partial charge in [0.05, 0.1) is 6.26 Å². The van der Waals surface area contributed by atoms with Crippen LogP contribution in [0.25, 0.3) is 0 Å². The van der Waals surface area contributed by atoms with E-state index in [1.165, 1.54) is 0 Å². The van der Waals surface area contributed by atoms with Crippen molar-refractivity contribution in [3.05, 3.63) is 24.0 Å². The zero-order valence-corrected chi connectivity index (χ0v) is 6.10. The maximum Gasteiger partial charge on any atom is 0.332 e. The number of aliphatic hydroxyl groups is 1. The third-order valence-electron chi connectivity index (χ3n) is 1.02. The number of carboxylic acid groups (broad SMARTS) is 2. The van der Waals surface area contributed by atoms with Crippen LogP contribution in [0.5, 0.6) is 0 Å². The van der Waals surface area contributed by atoms with E-state index < -0.39 is 11.9 Å². The second-order valence-corrected chi connectivity index (χ2v) is 1.90. The SMILES string of the molecule is O=C(O)C=C(CC=CO)C(=O)O. The zero-order chi connectivity index (χ0) is 9.56. The summed E-state index contributed by atoms with van der Waals surface area (Å²) in [4.78, 5) is 20.3. The lowest BCUT2D eigenvalue weighted by Gasteiger charge is -1.93. The molecule has 0 aromatic carbocycles. The Bertz CT molecular complexity index is 238.